The first kappa shape index (κ1) is 12.7. The van der Waals surface area contributed by atoms with Gasteiger partial charge in [0.05, 0.1) is 4.90 Å². The Morgan fingerprint density at radius 1 is 1.00 bits per heavy atom. The van der Waals surface area contributed by atoms with Crippen molar-refractivity contribution in [2.45, 2.75) is 24.2 Å². The van der Waals surface area contributed by atoms with Crippen LogP contribution in [0.3, 0.4) is 0 Å². The number of carbonyl (C=O) groups excluding carboxylic acids is 2. The first-order valence-corrected chi connectivity index (χ1v) is 6.77. The van der Waals surface area contributed by atoms with Gasteiger partial charge in [0.15, 0.2) is 0 Å². The minimum Gasteiger partial charge on any atom is -0.272 e. The zero-order valence-electron chi connectivity index (χ0n) is 9.40. The summed E-state index contributed by atoms with van der Waals surface area (Å²) in [6.07, 6.45) is 0.634. The Kier molecular flexibility index (Phi) is 3.44. The van der Waals surface area contributed by atoms with Gasteiger partial charge in [-0.05, 0) is 18.6 Å². The van der Waals surface area contributed by atoms with Crippen molar-refractivity contribution < 1.29 is 22.3 Å². The van der Waals surface area contributed by atoms with E-state index in [0.29, 0.717) is 11.5 Å². The Balaban J connectivity index is 2.23. The van der Waals surface area contributed by atoms with Gasteiger partial charge in [-0.2, -0.15) is 8.42 Å². The topological polar surface area (TPSA) is 80.8 Å². The zero-order valence-corrected chi connectivity index (χ0v) is 10.2. The molecule has 0 unspecified atom stereocenters. The summed E-state index contributed by atoms with van der Waals surface area (Å²) in [5, 5.41) is 0.339. The van der Waals surface area contributed by atoms with Crippen molar-refractivity contribution in [2.75, 3.05) is 0 Å². The van der Waals surface area contributed by atoms with Crippen molar-refractivity contribution in [3.05, 3.63) is 30.3 Å². The van der Waals surface area contributed by atoms with Crippen LogP contribution in [0, 0.1) is 0 Å². The van der Waals surface area contributed by atoms with Gasteiger partial charge in [-0.3, -0.25) is 9.59 Å². The SMILES string of the molecule is O=C1CCCC(=O)N1OS(=O)(=O)c1ccccc1. The molecule has 2 amide bonds. The van der Waals surface area contributed by atoms with E-state index in [4.69, 9.17) is 0 Å². The van der Waals surface area contributed by atoms with E-state index in [1.807, 2.05) is 0 Å². The molecule has 0 atom stereocenters. The van der Waals surface area contributed by atoms with Crippen molar-refractivity contribution in [3.8, 4) is 0 Å². The van der Waals surface area contributed by atoms with Crippen LogP contribution in [0.25, 0.3) is 0 Å². The van der Waals surface area contributed by atoms with E-state index < -0.39 is 21.9 Å². The summed E-state index contributed by atoms with van der Waals surface area (Å²) in [6.45, 7) is 0. The summed E-state index contributed by atoms with van der Waals surface area (Å²) >= 11 is 0. The predicted molar refractivity (Wildman–Crippen MR) is 60.4 cm³/mol. The molecule has 6 nitrogen and oxygen atoms in total. The fraction of sp³-hybridized carbons (Fsp3) is 0.273. The van der Waals surface area contributed by atoms with E-state index in [2.05, 4.69) is 4.28 Å². The predicted octanol–water partition coefficient (Wildman–Crippen LogP) is 0.846. The van der Waals surface area contributed by atoms with Crippen LogP contribution in [0.2, 0.25) is 0 Å². The summed E-state index contributed by atoms with van der Waals surface area (Å²) in [5.41, 5.74) is 0. The molecule has 0 N–H and O–H groups in total. The third-order valence-electron chi connectivity index (χ3n) is 2.44. The number of benzene rings is 1. The van der Waals surface area contributed by atoms with Crippen molar-refractivity contribution in [2.24, 2.45) is 0 Å². The molecular formula is C11H11NO5S. The molecule has 7 heteroatoms. The third-order valence-corrected chi connectivity index (χ3v) is 3.63. The fourth-order valence-corrected chi connectivity index (χ4v) is 2.48. The molecule has 0 saturated carbocycles. The van der Waals surface area contributed by atoms with Gasteiger partial charge in [0, 0.05) is 12.8 Å². The fourth-order valence-electron chi connectivity index (χ4n) is 1.54. The zero-order chi connectivity index (χ0) is 13.2. The number of hydroxylamine groups is 2. The first-order chi connectivity index (χ1) is 8.50. The highest BCUT2D eigenvalue weighted by Gasteiger charge is 2.32. The van der Waals surface area contributed by atoms with Crippen LogP contribution in [0.4, 0.5) is 0 Å². The Morgan fingerprint density at radius 3 is 2.11 bits per heavy atom. The highest BCUT2D eigenvalue weighted by Crippen LogP contribution is 2.18. The molecule has 1 aromatic rings. The van der Waals surface area contributed by atoms with Crippen LogP contribution < -0.4 is 0 Å². The molecular weight excluding hydrogens is 258 g/mol. The van der Waals surface area contributed by atoms with Crippen LogP contribution in [-0.4, -0.2) is 25.3 Å². The average molecular weight is 269 g/mol. The Hall–Kier alpha value is -1.73. The van der Waals surface area contributed by atoms with E-state index in [9.17, 15) is 18.0 Å². The van der Waals surface area contributed by atoms with E-state index in [-0.39, 0.29) is 17.7 Å². The number of hydrogen-bond donors (Lipinski definition) is 0. The van der Waals surface area contributed by atoms with Gasteiger partial charge < -0.3 is 0 Å². The maximum atomic E-state index is 11.8. The minimum atomic E-state index is -4.14. The molecule has 1 saturated heterocycles. The Bertz CT molecular complexity index is 550. The average Bonchev–Trinajstić information content (AvgIpc) is 2.35. The summed E-state index contributed by atoms with van der Waals surface area (Å²) < 4.78 is 28.2. The Morgan fingerprint density at radius 2 is 1.56 bits per heavy atom. The highest BCUT2D eigenvalue weighted by atomic mass is 32.2. The summed E-state index contributed by atoms with van der Waals surface area (Å²) in [7, 11) is -4.14. The van der Waals surface area contributed by atoms with Crippen molar-refractivity contribution in [1.82, 2.24) is 5.06 Å². The standard InChI is InChI=1S/C11H11NO5S/c13-10-7-4-8-11(14)12(10)17-18(15,16)9-5-2-1-3-6-9/h1-3,5-6H,4,7-8H2. The van der Waals surface area contributed by atoms with Crippen molar-refractivity contribution in [3.63, 3.8) is 0 Å². The Labute approximate surface area is 104 Å². The van der Waals surface area contributed by atoms with Gasteiger partial charge in [0.25, 0.3) is 11.8 Å². The molecule has 18 heavy (non-hydrogen) atoms. The van der Waals surface area contributed by atoms with E-state index in [0.717, 1.165) is 0 Å². The summed E-state index contributed by atoms with van der Waals surface area (Å²) in [6, 6.07) is 7.35. The van der Waals surface area contributed by atoms with E-state index in [1.165, 1.54) is 24.3 Å². The van der Waals surface area contributed by atoms with Gasteiger partial charge >= 0.3 is 10.1 Å². The van der Waals surface area contributed by atoms with Crippen LogP contribution in [0.15, 0.2) is 35.2 Å². The van der Waals surface area contributed by atoms with Crippen LogP contribution in [0.1, 0.15) is 19.3 Å². The quantitative estimate of drug-likeness (QED) is 0.760. The molecule has 2 rings (SSSR count). The molecule has 0 bridgehead atoms. The maximum absolute atomic E-state index is 11.8. The lowest BCUT2D eigenvalue weighted by Gasteiger charge is -2.22. The number of piperidine rings is 1. The van der Waals surface area contributed by atoms with Gasteiger partial charge in [-0.15, -0.1) is 9.35 Å². The lowest BCUT2D eigenvalue weighted by Crippen LogP contribution is -2.41. The smallest absolute Gasteiger partial charge is 0.272 e. The number of hydrogen-bond acceptors (Lipinski definition) is 5. The molecule has 96 valence electrons. The largest absolute Gasteiger partial charge is 0.318 e. The van der Waals surface area contributed by atoms with E-state index >= 15 is 0 Å². The molecule has 0 aromatic heterocycles. The second-order valence-corrected chi connectivity index (χ2v) is 5.31. The molecule has 1 aliphatic rings. The second kappa shape index (κ2) is 4.87. The lowest BCUT2D eigenvalue weighted by molar-refractivity contribution is -0.175. The van der Waals surface area contributed by atoms with Gasteiger partial charge in [0.1, 0.15) is 0 Å². The highest BCUT2D eigenvalue weighted by molar-refractivity contribution is 7.86. The minimum absolute atomic E-state index is 0.101. The number of carbonyl (C=O) groups is 2. The van der Waals surface area contributed by atoms with E-state index in [1.54, 1.807) is 6.07 Å². The molecule has 0 radical (unpaired) electrons. The lowest BCUT2D eigenvalue weighted by atomic mass is 10.1. The third kappa shape index (κ3) is 2.57. The molecule has 0 aliphatic carbocycles. The summed E-state index contributed by atoms with van der Waals surface area (Å²) in [5.74, 6) is -1.27. The number of rotatable bonds is 3. The molecule has 0 spiro atoms. The normalized spacial score (nSPS) is 17.0. The van der Waals surface area contributed by atoms with Crippen molar-refractivity contribution in [1.29, 1.82) is 0 Å². The summed E-state index contributed by atoms with van der Waals surface area (Å²) in [4.78, 5) is 22.8. The number of nitrogens with zero attached hydrogens (tertiary/aromatic N) is 1. The molecule has 1 aliphatic heterocycles. The number of imide groups is 1. The maximum Gasteiger partial charge on any atom is 0.318 e. The first-order valence-electron chi connectivity index (χ1n) is 5.36. The van der Waals surface area contributed by atoms with Crippen LogP contribution >= 0.6 is 0 Å². The van der Waals surface area contributed by atoms with Gasteiger partial charge in [-0.1, -0.05) is 18.2 Å². The van der Waals surface area contributed by atoms with Crippen molar-refractivity contribution >= 4 is 21.9 Å². The molecule has 1 fully saturated rings. The van der Waals surface area contributed by atoms with Gasteiger partial charge in [-0.25, -0.2) is 0 Å². The monoisotopic (exact) mass is 269 g/mol. The van der Waals surface area contributed by atoms with Crippen LogP contribution in [-0.2, 0) is 24.0 Å². The second-order valence-electron chi connectivity index (χ2n) is 3.78. The van der Waals surface area contributed by atoms with Gasteiger partial charge in [0.2, 0.25) is 0 Å². The molecule has 1 heterocycles. The van der Waals surface area contributed by atoms with Crippen LogP contribution in [0.5, 0.6) is 0 Å². The molecule has 1 aromatic carbocycles. The number of amides is 2.